The van der Waals surface area contributed by atoms with E-state index >= 15 is 0 Å². The monoisotopic (exact) mass is 456 g/mol. The molecule has 0 spiro atoms. The van der Waals surface area contributed by atoms with E-state index in [9.17, 15) is 13.6 Å². The van der Waals surface area contributed by atoms with Gasteiger partial charge in [-0.25, -0.2) is 4.98 Å². The third kappa shape index (κ3) is 5.87. The number of hydrogen-bond donors (Lipinski definition) is 2. The number of amides is 1. The number of aromatic nitrogens is 2. The molecular formula is C25H30F2N4O2. The quantitative estimate of drug-likeness (QED) is 0.494. The summed E-state index contributed by atoms with van der Waals surface area (Å²) in [6, 6.07) is 14.7. The number of hydrogen-bond acceptors (Lipinski definition) is 4. The Bertz CT molecular complexity index is 1060. The van der Waals surface area contributed by atoms with Crippen LogP contribution in [0.3, 0.4) is 0 Å². The molecule has 4 rings (SSSR count). The van der Waals surface area contributed by atoms with E-state index in [-0.39, 0.29) is 23.7 Å². The van der Waals surface area contributed by atoms with E-state index in [1.54, 1.807) is 12.1 Å². The molecule has 1 aromatic heterocycles. The first-order valence-electron chi connectivity index (χ1n) is 11.5. The number of nitrogens with zero attached hydrogens (tertiary/aromatic N) is 2. The molecular weight excluding hydrogens is 426 g/mol. The molecule has 2 atom stereocenters. The fraction of sp³-hybridized carbons (Fsp3) is 0.440. The Morgan fingerprint density at radius 1 is 1.24 bits per heavy atom. The Morgan fingerprint density at radius 3 is 2.82 bits per heavy atom. The van der Waals surface area contributed by atoms with Crippen LogP contribution in [0.25, 0.3) is 11.0 Å². The Morgan fingerprint density at radius 2 is 2.06 bits per heavy atom. The van der Waals surface area contributed by atoms with E-state index in [4.69, 9.17) is 0 Å². The molecule has 0 aliphatic heterocycles. The lowest BCUT2D eigenvalue weighted by molar-refractivity contribution is -0.158. The number of halogens is 2. The predicted molar refractivity (Wildman–Crippen MR) is 123 cm³/mol. The van der Waals surface area contributed by atoms with E-state index in [1.807, 2.05) is 42.2 Å². The number of H-pyrrole nitrogens is 1. The van der Waals surface area contributed by atoms with Crippen LogP contribution in [0.15, 0.2) is 48.5 Å². The second kappa shape index (κ2) is 9.87. The van der Waals surface area contributed by atoms with Crippen LogP contribution in [0.4, 0.5) is 8.78 Å². The van der Waals surface area contributed by atoms with Crippen LogP contribution in [0.5, 0.6) is 5.75 Å². The summed E-state index contributed by atoms with van der Waals surface area (Å²) in [6.07, 6.45) is 0.599. The van der Waals surface area contributed by atoms with Crippen molar-refractivity contribution >= 4 is 16.9 Å². The molecule has 0 saturated heterocycles. The van der Waals surface area contributed by atoms with Crippen molar-refractivity contribution in [3.8, 4) is 5.75 Å². The summed E-state index contributed by atoms with van der Waals surface area (Å²) in [6.45, 7) is 3.88. The van der Waals surface area contributed by atoms with Crippen LogP contribution in [0.2, 0.25) is 0 Å². The average Bonchev–Trinajstić information content (AvgIpc) is 3.22. The molecule has 1 fully saturated rings. The van der Waals surface area contributed by atoms with Crippen molar-refractivity contribution in [2.24, 2.45) is 0 Å². The maximum absolute atomic E-state index is 13.2. The molecule has 1 heterocycles. The number of benzene rings is 2. The topological polar surface area (TPSA) is 70.2 Å². The molecule has 33 heavy (non-hydrogen) atoms. The lowest BCUT2D eigenvalue weighted by Crippen LogP contribution is -2.47. The minimum Gasteiger partial charge on any atom is -0.433 e. The first kappa shape index (κ1) is 23.2. The van der Waals surface area contributed by atoms with Crippen molar-refractivity contribution in [3.63, 3.8) is 0 Å². The van der Waals surface area contributed by atoms with Crippen LogP contribution in [-0.2, 0) is 6.54 Å². The first-order chi connectivity index (χ1) is 15.8. The number of carbonyl (C=O) groups excluding carboxylic acids is 1. The molecule has 1 aliphatic rings. The number of imidazole rings is 1. The zero-order valence-corrected chi connectivity index (χ0v) is 19.0. The van der Waals surface area contributed by atoms with Gasteiger partial charge < -0.3 is 19.9 Å². The first-order valence-corrected chi connectivity index (χ1v) is 11.5. The van der Waals surface area contributed by atoms with Gasteiger partial charge in [-0.05, 0) is 62.4 Å². The van der Waals surface area contributed by atoms with Gasteiger partial charge in [0.2, 0.25) is 0 Å². The summed E-state index contributed by atoms with van der Waals surface area (Å²) in [4.78, 5) is 22.7. The molecule has 1 amide bonds. The molecule has 0 unspecified atom stereocenters. The number of rotatable bonds is 8. The summed E-state index contributed by atoms with van der Waals surface area (Å²) in [5, 5.41) is 3.53. The molecule has 0 bridgehead atoms. The minimum absolute atomic E-state index is 0.0790. The third-order valence-electron chi connectivity index (χ3n) is 6.07. The van der Waals surface area contributed by atoms with Gasteiger partial charge in [-0.1, -0.05) is 24.3 Å². The number of fused-ring (bicyclic) bond motifs is 1. The predicted octanol–water partition coefficient (Wildman–Crippen LogP) is 5.12. The van der Waals surface area contributed by atoms with Crippen molar-refractivity contribution in [1.82, 2.24) is 20.2 Å². The number of nitrogens with one attached hydrogen (secondary N) is 2. The summed E-state index contributed by atoms with van der Waals surface area (Å²) in [5.41, 5.74) is 2.52. The van der Waals surface area contributed by atoms with Gasteiger partial charge in [-0.2, -0.15) is 8.78 Å². The molecule has 3 aromatic rings. The number of para-hydroxylation sites is 2. The SMILES string of the molecule is CCN(C(=O)c1nc2ccccc2[nH]1)[C@H]1CCC[C@@H](NCc2cccc(OC(C)(F)F)c2)C1. The zero-order valence-electron chi connectivity index (χ0n) is 19.0. The Balaban J connectivity index is 1.38. The van der Waals surface area contributed by atoms with E-state index in [2.05, 4.69) is 20.0 Å². The van der Waals surface area contributed by atoms with Crippen molar-refractivity contribution in [3.05, 3.63) is 59.9 Å². The lowest BCUT2D eigenvalue weighted by Gasteiger charge is -2.37. The molecule has 6 nitrogen and oxygen atoms in total. The Labute approximate surface area is 192 Å². The fourth-order valence-corrected chi connectivity index (χ4v) is 4.58. The Kier molecular flexibility index (Phi) is 6.93. The van der Waals surface area contributed by atoms with Gasteiger partial charge in [0.1, 0.15) is 5.75 Å². The van der Waals surface area contributed by atoms with E-state index in [0.717, 1.165) is 49.2 Å². The lowest BCUT2D eigenvalue weighted by atomic mass is 9.89. The van der Waals surface area contributed by atoms with Gasteiger partial charge in [0.15, 0.2) is 5.82 Å². The molecule has 0 radical (unpaired) electrons. The summed E-state index contributed by atoms with van der Waals surface area (Å²) >= 11 is 0. The molecule has 2 aromatic carbocycles. The van der Waals surface area contributed by atoms with Crippen LogP contribution in [0.1, 0.15) is 55.7 Å². The van der Waals surface area contributed by atoms with Gasteiger partial charge in [-0.15, -0.1) is 0 Å². The van der Waals surface area contributed by atoms with E-state index in [1.165, 1.54) is 6.07 Å². The maximum Gasteiger partial charge on any atom is 0.394 e. The number of aromatic amines is 1. The van der Waals surface area contributed by atoms with Crippen LogP contribution >= 0.6 is 0 Å². The van der Waals surface area contributed by atoms with Crippen molar-refractivity contribution < 1.29 is 18.3 Å². The largest absolute Gasteiger partial charge is 0.433 e. The Hall–Kier alpha value is -3.00. The highest BCUT2D eigenvalue weighted by molar-refractivity contribution is 5.94. The highest BCUT2D eigenvalue weighted by Crippen LogP contribution is 2.26. The normalized spacial score (nSPS) is 18.9. The van der Waals surface area contributed by atoms with Crippen LogP contribution < -0.4 is 10.1 Å². The average molecular weight is 457 g/mol. The fourth-order valence-electron chi connectivity index (χ4n) is 4.58. The van der Waals surface area contributed by atoms with E-state index < -0.39 is 6.11 Å². The van der Waals surface area contributed by atoms with Gasteiger partial charge in [0.25, 0.3) is 5.91 Å². The second-order valence-corrected chi connectivity index (χ2v) is 8.65. The highest BCUT2D eigenvalue weighted by atomic mass is 19.3. The zero-order chi connectivity index (χ0) is 23.4. The second-order valence-electron chi connectivity index (χ2n) is 8.65. The van der Waals surface area contributed by atoms with Crippen molar-refractivity contribution in [1.29, 1.82) is 0 Å². The molecule has 8 heteroatoms. The van der Waals surface area contributed by atoms with Gasteiger partial charge >= 0.3 is 6.11 Å². The van der Waals surface area contributed by atoms with Gasteiger partial charge in [-0.3, -0.25) is 4.79 Å². The van der Waals surface area contributed by atoms with Crippen molar-refractivity contribution in [2.45, 2.75) is 64.3 Å². The minimum atomic E-state index is -3.21. The van der Waals surface area contributed by atoms with Gasteiger partial charge in [0, 0.05) is 32.1 Å². The molecule has 1 aliphatic carbocycles. The van der Waals surface area contributed by atoms with Crippen LogP contribution in [0, 0.1) is 0 Å². The summed E-state index contributed by atoms with van der Waals surface area (Å²) < 4.78 is 31.0. The number of ether oxygens (including phenoxy) is 1. The smallest absolute Gasteiger partial charge is 0.394 e. The molecule has 176 valence electrons. The maximum atomic E-state index is 13.2. The summed E-state index contributed by atoms with van der Waals surface area (Å²) in [5.74, 6) is 0.444. The highest BCUT2D eigenvalue weighted by Gasteiger charge is 2.30. The van der Waals surface area contributed by atoms with Crippen LogP contribution in [-0.4, -0.2) is 45.5 Å². The third-order valence-corrected chi connectivity index (χ3v) is 6.07. The van der Waals surface area contributed by atoms with Gasteiger partial charge in [0.05, 0.1) is 11.0 Å². The molecule has 2 N–H and O–H groups in total. The number of carbonyl (C=O) groups is 1. The standard InChI is InChI=1S/C25H30F2N4O2/c1-3-31(24(32)23-29-21-12-4-5-13-22(21)30-23)19-10-7-9-18(15-19)28-16-17-8-6-11-20(14-17)33-25(2,26)27/h4-6,8,11-14,18-19,28H,3,7,9-10,15-16H2,1-2H3,(H,29,30)/t18-,19+/m1/s1. The van der Waals surface area contributed by atoms with E-state index in [0.29, 0.717) is 18.9 Å². The summed E-state index contributed by atoms with van der Waals surface area (Å²) in [7, 11) is 0. The molecule has 1 saturated carbocycles. The number of alkyl halides is 2. The van der Waals surface area contributed by atoms with Crippen molar-refractivity contribution in [2.75, 3.05) is 6.54 Å².